The first kappa shape index (κ1) is 21.6. The number of fused-ring (bicyclic) bond motifs is 1. The molecule has 1 aromatic heterocycles. The number of aromatic amines is 1. The van der Waals surface area contributed by atoms with E-state index in [1.165, 1.54) is 16.7 Å². The zero-order valence-corrected chi connectivity index (χ0v) is 18.3. The first-order valence-electron chi connectivity index (χ1n) is 9.86. The summed E-state index contributed by atoms with van der Waals surface area (Å²) in [5.74, 6) is -0.0123. The van der Waals surface area contributed by atoms with Crippen molar-refractivity contribution in [3.8, 4) is 0 Å². The Kier molecular flexibility index (Phi) is 5.70. The summed E-state index contributed by atoms with van der Waals surface area (Å²) in [5.41, 5.74) is -0.296. The summed E-state index contributed by atoms with van der Waals surface area (Å²) in [5, 5.41) is 5.34. The maximum atomic E-state index is 13.2. The third kappa shape index (κ3) is 4.22. The molecule has 4 amide bonds. The lowest BCUT2D eigenvalue weighted by atomic mass is 10.1. The van der Waals surface area contributed by atoms with Crippen LogP contribution in [0.4, 0.5) is 4.79 Å². The number of nitrogens with one attached hydrogen (secondary N) is 3. The van der Waals surface area contributed by atoms with Crippen molar-refractivity contribution in [2.24, 2.45) is 0 Å². The highest BCUT2D eigenvalue weighted by molar-refractivity contribution is 7.99. The van der Waals surface area contributed by atoms with E-state index in [1.807, 2.05) is 0 Å². The fourth-order valence-corrected chi connectivity index (χ4v) is 4.52. The van der Waals surface area contributed by atoms with Gasteiger partial charge < -0.3 is 15.2 Å². The first-order chi connectivity index (χ1) is 15.3. The molecular weight excluding hydrogens is 430 g/mol. The fraction of sp³-hybridized carbons (Fsp3) is 0.227. The Morgan fingerprint density at radius 1 is 1.09 bits per heavy atom. The molecule has 10 heteroatoms. The Balaban J connectivity index is 1.52. The van der Waals surface area contributed by atoms with Crippen LogP contribution in [0.25, 0.3) is 10.9 Å². The second-order valence-electron chi connectivity index (χ2n) is 7.72. The van der Waals surface area contributed by atoms with E-state index < -0.39 is 17.5 Å². The molecule has 0 unspecified atom stereocenters. The van der Waals surface area contributed by atoms with Gasteiger partial charge in [0.25, 0.3) is 17.4 Å². The summed E-state index contributed by atoms with van der Waals surface area (Å²) in [4.78, 5) is 58.3. The molecule has 4 rings (SSSR count). The van der Waals surface area contributed by atoms with E-state index in [4.69, 9.17) is 0 Å². The van der Waals surface area contributed by atoms with E-state index in [2.05, 4.69) is 20.6 Å². The second kappa shape index (κ2) is 8.46. The van der Waals surface area contributed by atoms with Gasteiger partial charge in [-0.25, -0.2) is 9.78 Å². The first-order valence-corrected chi connectivity index (χ1v) is 10.8. The Morgan fingerprint density at radius 3 is 2.56 bits per heavy atom. The fourth-order valence-electron chi connectivity index (χ4n) is 3.38. The summed E-state index contributed by atoms with van der Waals surface area (Å²) < 4.78 is 0. The van der Waals surface area contributed by atoms with Crippen LogP contribution in [0.3, 0.4) is 0 Å². The molecule has 1 aliphatic heterocycles. The molecule has 1 aliphatic rings. The molecule has 3 aromatic rings. The number of hydrogen-bond acceptors (Lipinski definition) is 6. The maximum absolute atomic E-state index is 13.2. The Labute approximate surface area is 187 Å². The van der Waals surface area contributed by atoms with Gasteiger partial charge in [-0.3, -0.25) is 19.7 Å². The van der Waals surface area contributed by atoms with Gasteiger partial charge in [-0.2, -0.15) is 0 Å². The maximum Gasteiger partial charge on any atom is 0.322 e. The van der Waals surface area contributed by atoms with Crippen molar-refractivity contribution in [1.82, 2.24) is 25.5 Å². The molecule has 2 aromatic carbocycles. The van der Waals surface area contributed by atoms with Crippen molar-refractivity contribution in [1.29, 1.82) is 0 Å². The number of rotatable bonds is 6. The number of carbonyl (C=O) groups excluding carboxylic acids is 3. The highest BCUT2D eigenvalue weighted by atomic mass is 32.2. The monoisotopic (exact) mass is 451 g/mol. The molecule has 0 aliphatic carbocycles. The molecule has 164 valence electrons. The molecule has 0 radical (unpaired) electrons. The summed E-state index contributed by atoms with van der Waals surface area (Å²) >= 11 is 1.31. The van der Waals surface area contributed by atoms with E-state index in [9.17, 15) is 19.2 Å². The molecule has 9 nitrogen and oxygen atoms in total. The Morgan fingerprint density at radius 2 is 1.81 bits per heavy atom. The molecule has 1 atom stereocenters. The van der Waals surface area contributed by atoms with E-state index in [0.29, 0.717) is 27.2 Å². The zero-order valence-electron chi connectivity index (χ0n) is 17.5. The van der Waals surface area contributed by atoms with Gasteiger partial charge in [0.05, 0.1) is 23.0 Å². The average Bonchev–Trinajstić information content (AvgIpc) is 3.03. The topological polar surface area (TPSA) is 124 Å². The number of carbonyl (C=O) groups is 3. The van der Waals surface area contributed by atoms with E-state index >= 15 is 0 Å². The summed E-state index contributed by atoms with van der Waals surface area (Å²) in [7, 11) is 1.63. The number of H-pyrrole nitrogens is 1. The van der Waals surface area contributed by atoms with Crippen molar-refractivity contribution in [3.05, 3.63) is 70.3 Å². The second-order valence-corrected chi connectivity index (χ2v) is 8.73. The number of amides is 4. The Bertz CT molecular complexity index is 1290. The van der Waals surface area contributed by atoms with Crippen LogP contribution in [0.2, 0.25) is 0 Å². The van der Waals surface area contributed by atoms with Gasteiger partial charge >= 0.3 is 6.03 Å². The molecule has 1 fully saturated rings. The average molecular weight is 452 g/mol. The number of para-hydroxylation sites is 1. The van der Waals surface area contributed by atoms with Crippen molar-refractivity contribution in [2.45, 2.75) is 23.9 Å². The lowest BCUT2D eigenvalue weighted by molar-refractivity contribution is -0.122. The molecular formula is C22H21N5O4S. The van der Waals surface area contributed by atoms with E-state index in [-0.39, 0.29) is 23.8 Å². The SMILES string of the molecule is CN(Cc1nc2ccccc2c(=O)[nH]1)C(=O)c1ccccc1SC[C@]1(C)NC(=O)NC1=O. The number of hydrogen-bond donors (Lipinski definition) is 3. The minimum atomic E-state index is -1.06. The molecule has 1 saturated heterocycles. The van der Waals surface area contributed by atoms with Gasteiger partial charge in [0.15, 0.2) is 0 Å². The number of aromatic nitrogens is 2. The highest BCUT2D eigenvalue weighted by Crippen LogP contribution is 2.28. The van der Waals surface area contributed by atoms with Crippen LogP contribution in [-0.2, 0) is 11.3 Å². The summed E-state index contributed by atoms with van der Waals surface area (Å²) in [6.07, 6.45) is 0. The molecule has 32 heavy (non-hydrogen) atoms. The lowest BCUT2D eigenvalue weighted by Gasteiger charge is -2.22. The molecule has 0 bridgehead atoms. The smallest absolute Gasteiger partial charge is 0.322 e. The normalized spacial score (nSPS) is 17.8. The minimum absolute atomic E-state index is 0.119. The predicted octanol–water partition coefficient (Wildman–Crippen LogP) is 1.89. The Hall–Kier alpha value is -3.66. The van der Waals surface area contributed by atoms with Crippen LogP contribution in [0.1, 0.15) is 23.1 Å². The number of thioether (sulfide) groups is 1. The quantitative estimate of drug-likeness (QED) is 0.388. The van der Waals surface area contributed by atoms with Gasteiger partial charge in [0.1, 0.15) is 11.4 Å². The van der Waals surface area contributed by atoms with Crippen LogP contribution in [0.15, 0.2) is 58.2 Å². The zero-order chi connectivity index (χ0) is 22.9. The summed E-state index contributed by atoms with van der Waals surface area (Å²) in [6.45, 7) is 1.76. The molecule has 3 N–H and O–H groups in total. The van der Waals surface area contributed by atoms with Crippen LogP contribution in [-0.4, -0.2) is 51.1 Å². The number of imide groups is 1. The lowest BCUT2D eigenvalue weighted by Crippen LogP contribution is -2.46. The third-order valence-corrected chi connectivity index (χ3v) is 6.54. The third-order valence-electron chi connectivity index (χ3n) is 5.15. The standard InChI is InChI=1S/C22H21N5O4S/c1-22(20(30)25-21(31)26-22)12-32-16-10-6-4-8-14(16)19(29)27(2)11-17-23-15-9-5-3-7-13(15)18(28)24-17/h3-10H,11-12H2,1-2H3,(H,23,24,28)(H2,25,26,30,31)/t22-/m0/s1. The number of benzene rings is 2. The summed E-state index contributed by atoms with van der Waals surface area (Å²) in [6, 6.07) is 13.5. The van der Waals surface area contributed by atoms with Gasteiger partial charge in [0, 0.05) is 17.7 Å². The highest BCUT2D eigenvalue weighted by Gasteiger charge is 2.42. The van der Waals surface area contributed by atoms with Crippen LogP contribution in [0, 0.1) is 0 Å². The number of urea groups is 1. The van der Waals surface area contributed by atoms with E-state index in [0.717, 1.165) is 0 Å². The number of nitrogens with zero attached hydrogens (tertiary/aromatic N) is 2. The van der Waals surface area contributed by atoms with Crippen LogP contribution < -0.4 is 16.2 Å². The van der Waals surface area contributed by atoms with Gasteiger partial charge in [-0.05, 0) is 31.2 Å². The molecule has 0 saturated carbocycles. The van der Waals surface area contributed by atoms with Crippen molar-refractivity contribution in [2.75, 3.05) is 12.8 Å². The van der Waals surface area contributed by atoms with Crippen molar-refractivity contribution < 1.29 is 14.4 Å². The predicted molar refractivity (Wildman–Crippen MR) is 120 cm³/mol. The van der Waals surface area contributed by atoms with Crippen molar-refractivity contribution in [3.63, 3.8) is 0 Å². The van der Waals surface area contributed by atoms with Crippen LogP contribution in [0.5, 0.6) is 0 Å². The largest absolute Gasteiger partial charge is 0.334 e. The van der Waals surface area contributed by atoms with Crippen LogP contribution >= 0.6 is 11.8 Å². The molecule has 2 heterocycles. The van der Waals surface area contributed by atoms with Gasteiger partial charge in [-0.15, -0.1) is 11.8 Å². The van der Waals surface area contributed by atoms with Crippen molar-refractivity contribution >= 4 is 40.5 Å². The van der Waals surface area contributed by atoms with Gasteiger partial charge in [0.2, 0.25) is 0 Å². The molecule has 0 spiro atoms. The van der Waals surface area contributed by atoms with Gasteiger partial charge in [-0.1, -0.05) is 24.3 Å². The van der Waals surface area contributed by atoms with E-state index in [1.54, 1.807) is 62.5 Å². The minimum Gasteiger partial charge on any atom is -0.334 e.